The van der Waals surface area contributed by atoms with Gasteiger partial charge >= 0.3 is 6.18 Å². The second kappa shape index (κ2) is 7.85. The fraction of sp³-hybridized carbons (Fsp3) is 0.533. The molecule has 2 rings (SSSR count). The van der Waals surface area contributed by atoms with Crippen LogP contribution in [0.15, 0.2) is 18.2 Å². The zero-order valence-electron chi connectivity index (χ0n) is 13.5. The number of benzene rings is 1. The summed E-state index contributed by atoms with van der Waals surface area (Å²) in [5.74, 6) is 0.453. The Morgan fingerprint density at radius 1 is 1.32 bits per heavy atom. The van der Waals surface area contributed by atoms with Gasteiger partial charge in [0.25, 0.3) is 5.69 Å². The molecular weight excluding hydrogens is 357 g/mol. The number of nitrogens with one attached hydrogen (secondary N) is 3. The Morgan fingerprint density at radius 3 is 2.60 bits per heavy atom. The SMILES string of the molecule is C[C@H]1CCCC[C@H]1NC(=S)NNc1ccc(C(F)(F)F)cc1[N+](=O)[O-]. The lowest BCUT2D eigenvalue weighted by Crippen LogP contribution is -2.47. The lowest BCUT2D eigenvalue weighted by molar-refractivity contribution is -0.384. The molecule has 0 radical (unpaired) electrons. The average Bonchev–Trinajstić information content (AvgIpc) is 2.54. The molecule has 25 heavy (non-hydrogen) atoms. The number of anilines is 1. The molecule has 0 unspecified atom stereocenters. The lowest BCUT2D eigenvalue weighted by Gasteiger charge is -2.30. The standard InChI is InChI=1S/C15H19F3N4O2S/c1-9-4-2-3-5-11(9)19-14(25)21-20-12-7-6-10(15(16,17)18)8-13(12)22(23)24/h6-9,11,20H,2-5H2,1H3,(H2,19,21,25)/t9-,11+/m0/s1. The summed E-state index contributed by atoms with van der Waals surface area (Å²) < 4.78 is 38.1. The highest BCUT2D eigenvalue weighted by atomic mass is 32.1. The maximum Gasteiger partial charge on any atom is 0.416 e. The van der Waals surface area contributed by atoms with Crippen LogP contribution in [0.2, 0.25) is 0 Å². The Labute approximate surface area is 148 Å². The van der Waals surface area contributed by atoms with E-state index >= 15 is 0 Å². The molecule has 0 heterocycles. The van der Waals surface area contributed by atoms with Gasteiger partial charge < -0.3 is 5.32 Å². The molecule has 0 aliphatic heterocycles. The zero-order chi connectivity index (χ0) is 18.6. The molecule has 10 heteroatoms. The fourth-order valence-electron chi connectivity index (χ4n) is 2.82. The molecule has 1 aromatic rings. The fourth-order valence-corrected chi connectivity index (χ4v) is 3.03. The Balaban J connectivity index is 2.02. The van der Waals surface area contributed by atoms with Crippen LogP contribution >= 0.6 is 12.2 Å². The predicted octanol–water partition coefficient (Wildman–Crippen LogP) is 3.98. The maximum absolute atomic E-state index is 12.7. The molecule has 1 aromatic carbocycles. The van der Waals surface area contributed by atoms with Crippen LogP contribution in [0.3, 0.4) is 0 Å². The molecule has 1 aliphatic carbocycles. The summed E-state index contributed by atoms with van der Waals surface area (Å²) in [6.45, 7) is 2.12. The summed E-state index contributed by atoms with van der Waals surface area (Å²) in [4.78, 5) is 10.2. The second-order valence-corrected chi connectivity index (χ2v) is 6.49. The highest BCUT2D eigenvalue weighted by molar-refractivity contribution is 7.80. The number of nitrogens with zero attached hydrogens (tertiary/aromatic N) is 1. The second-order valence-electron chi connectivity index (χ2n) is 6.08. The van der Waals surface area contributed by atoms with E-state index in [-0.39, 0.29) is 16.8 Å². The minimum atomic E-state index is -4.65. The topological polar surface area (TPSA) is 79.2 Å². The van der Waals surface area contributed by atoms with Crippen LogP contribution in [0, 0.1) is 16.0 Å². The summed E-state index contributed by atoms with van der Waals surface area (Å²) in [6, 6.07) is 2.47. The van der Waals surface area contributed by atoms with E-state index in [2.05, 4.69) is 23.1 Å². The first-order valence-electron chi connectivity index (χ1n) is 7.86. The van der Waals surface area contributed by atoms with Gasteiger partial charge in [-0.25, -0.2) is 0 Å². The number of thiocarbonyl (C=S) groups is 1. The van der Waals surface area contributed by atoms with E-state index in [4.69, 9.17) is 12.2 Å². The molecule has 2 atom stereocenters. The number of nitro groups is 1. The highest BCUT2D eigenvalue weighted by Crippen LogP contribution is 2.34. The van der Waals surface area contributed by atoms with Crippen molar-refractivity contribution >= 4 is 28.7 Å². The van der Waals surface area contributed by atoms with Crippen molar-refractivity contribution in [2.24, 2.45) is 5.92 Å². The van der Waals surface area contributed by atoms with Crippen LogP contribution in [0.1, 0.15) is 38.2 Å². The highest BCUT2D eigenvalue weighted by Gasteiger charge is 2.33. The van der Waals surface area contributed by atoms with Gasteiger partial charge in [0, 0.05) is 12.1 Å². The Bertz CT molecular complexity index is 654. The van der Waals surface area contributed by atoms with Crippen molar-refractivity contribution in [1.29, 1.82) is 0 Å². The van der Waals surface area contributed by atoms with Gasteiger partial charge in [-0.3, -0.25) is 21.0 Å². The molecule has 0 amide bonds. The molecular formula is C15H19F3N4O2S. The van der Waals surface area contributed by atoms with E-state index in [1.54, 1.807) is 0 Å². The molecule has 0 aromatic heterocycles. The first-order chi connectivity index (χ1) is 11.7. The minimum Gasteiger partial charge on any atom is -0.358 e. The predicted molar refractivity (Wildman–Crippen MR) is 92.0 cm³/mol. The number of rotatable bonds is 4. The molecule has 3 N–H and O–H groups in total. The van der Waals surface area contributed by atoms with Gasteiger partial charge in [0.1, 0.15) is 5.69 Å². The summed E-state index contributed by atoms with van der Waals surface area (Å²) in [7, 11) is 0. The van der Waals surface area contributed by atoms with Crippen LogP contribution in [-0.2, 0) is 6.18 Å². The molecule has 1 aliphatic rings. The lowest BCUT2D eigenvalue weighted by atomic mass is 9.86. The van der Waals surface area contributed by atoms with Crippen molar-refractivity contribution in [2.75, 3.05) is 5.43 Å². The van der Waals surface area contributed by atoms with E-state index in [9.17, 15) is 23.3 Å². The van der Waals surface area contributed by atoms with Gasteiger partial charge in [-0.1, -0.05) is 19.8 Å². The van der Waals surface area contributed by atoms with Crippen molar-refractivity contribution in [3.8, 4) is 0 Å². The van der Waals surface area contributed by atoms with E-state index in [1.807, 2.05) is 0 Å². The van der Waals surface area contributed by atoms with Gasteiger partial charge in [0.05, 0.1) is 10.5 Å². The summed E-state index contributed by atoms with van der Waals surface area (Å²) >= 11 is 5.15. The van der Waals surface area contributed by atoms with E-state index in [0.29, 0.717) is 12.0 Å². The normalized spacial score (nSPS) is 20.6. The van der Waals surface area contributed by atoms with Crippen LogP contribution in [0.5, 0.6) is 0 Å². The van der Waals surface area contributed by atoms with Gasteiger partial charge in [-0.05, 0) is 43.1 Å². The zero-order valence-corrected chi connectivity index (χ0v) is 14.3. The number of hydrazine groups is 1. The molecule has 1 saturated carbocycles. The van der Waals surface area contributed by atoms with Crippen molar-refractivity contribution in [1.82, 2.24) is 10.7 Å². The number of halogens is 3. The molecule has 6 nitrogen and oxygen atoms in total. The van der Waals surface area contributed by atoms with Gasteiger partial charge in [-0.15, -0.1) is 0 Å². The number of hydrogen-bond acceptors (Lipinski definition) is 4. The maximum atomic E-state index is 12.7. The number of alkyl halides is 3. The van der Waals surface area contributed by atoms with Gasteiger partial charge in [0.15, 0.2) is 5.11 Å². The third-order valence-electron chi connectivity index (χ3n) is 4.26. The van der Waals surface area contributed by atoms with Gasteiger partial charge in [-0.2, -0.15) is 13.2 Å². The smallest absolute Gasteiger partial charge is 0.358 e. The van der Waals surface area contributed by atoms with E-state index in [0.717, 1.165) is 31.4 Å². The van der Waals surface area contributed by atoms with Crippen molar-refractivity contribution in [3.63, 3.8) is 0 Å². The Hall–Kier alpha value is -2.10. The Morgan fingerprint density at radius 2 is 2.00 bits per heavy atom. The monoisotopic (exact) mass is 376 g/mol. The first kappa shape index (κ1) is 19.2. The Kier molecular flexibility index (Phi) is 6.04. The molecule has 0 bridgehead atoms. The number of nitro benzene ring substituents is 1. The molecule has 138 valence electrons. The van der Waals surface area contributed by atoms with Crippen molar-refractivity contribution in [3.05, 3.63) is 33.9 Å². The molecule has 1 fully saturated rings. The van der Waals surface area contributed by atoms with E-state index in [1.165, 1.54) is 6.42 Å². The van der Waals surface area contributed by atoms with Crippen LogP contribution in [0.25, 0.3) is 0 Å². The summed E-state index contributed by atoms with van der Waals surface area (Å²) in [5, 5.41) is 14.4. The van der Waals surface area contributed by atoms with E-state index < -0.39 is 22.4 Å². The summed E-state index contributed by atoms with van der Waals surface area (Å²) in [5.41, 5.74) is 3.26. The minimum absolute atomic E-state index is 0.0983. The summed E-state index contributed by atoms with van der Waals surface area (Å²) in [6.07, 6.45) is -0.301. The first-order valence-corrected chi connectivity index (χ1v) is 8.27. The molecule has 0 spiro atoms. The number of hydrogen-bond donors (Lipinski definition) is 3. The van der Waals surface area contributed by atoms with Crippen LogP contribution in [-0.4, -0.2) is 16.1 Å². The van der Waals surface area contributed by atoms with Crippen LogP contribution < -0.4 is 16.2 Å². The van der Waals surface area contributed by atoms with Gasteiger partial charge in [0.2, 0.25) is 0 Å². The largest absolute Gasteiger partial charge is 0.416 e. The third-order valence-corrected chi connectivity index (χ3v) is 4.48. The average molecular weight is 376 g/mol. The van der Waals surface area contributed by atoms with Crippen LogP contribution in [0.4, 0.5) is 24.5 Å². The quantitative estimate of drug-likeness (QED) is 0.419. The van der Waals surface area contributed by atoms with Crippen molar-refractivity contribution in [2.45, 2.75) is 44.8 Å². The van der Waals surface area contributed by atoms with Crippen molar-refractivity contribution < 1.29 is 18.1 Å². The molecule has 0 saturated heterocycles. The third kappa shape index (κ3) is 5.18.